The van der Waals surface area contributed by atoms with Crippen LogP contribution in [0.3, 0.4) is 0 Å². The number of aliphatic imine (C=N–C) groups is 1. The van der Waals surface area contributed by atoms with Crippen LogP contribution in [0.15, 0.2) is 59.6 Å². The van der Waals surface area contributed by atoms with Crippen molar-refractivity contribution < 1.29 is 14.3 Å². The Morgan fingerprint density at radius 3 is 2.40 bits per heavy atom. The molecule has 0 aliphatic carbocycles. The summed E-state index contributed by atoms with van der Waals surface area (Å²) in [6.07, 6.45) is 0.0400. The first kappa shape index (κ1) is 19.9. The van der Waals surface area contributed by atoms with Crippen molar-refractivity contribution in [2.75, 3.05) is 38.5 Å². The number of rotatable bonds is 4. The zero-order chi connectivity index (χ0) is 20.9. The molecule has 2 amide bonds. The van der Waals surface area contributed by atoms with Crippen molar-refractivity contribution in [3.63, 3.8) is 0 Å². The molecule has 0 aromatic heterocycles. The number of hydrogen-bond donors (Lipinski definition) is 2. The summed E-state index contributed by atoms with van der Waals surface area (Å²) in [6, 6.07) is 15.9. The van der Waals surface area contributed by atoms with E-state index in [2.05, 4.69) is 27.6 Å². The summed E-state index contributed by atoms with van der Waals surface area (Å²) in [5.74, 6) is 1.42. The number of guanidine groups is 1. The lowest BCUT2D eigenvalue weighted by Gasteiger charge is -2.36. The number of likely N-dealkylation sites (N-methyl/N-ethyl adjacent to an activating group) is 1. The van der Waals surface area contributed by atoms with Crippen LogP contribution in [0, 0.1) is 0 Å². The van der Waals surface area contributed by atoms with Crippen molar-refractivity contribution in [2.24, 2.45) is 4.99 Å². The summed E-state index contributed by atoms with van der Waals surface area (Å²) in [6.45, 7) is 3.33. The molecule has 1 saturated heterocycles. The van der Waals surface area contributed by atoms with Gasteiger partial charge in [0.25, 0.3) is 0 Å². The number of carbonyl (C=O) groups excluding carboxylic acids is 2. The third-order valence-corrected chi connectivity index (χ3v) is 5.11. The fourth-order valence-electron chi connectivity index (χ4n) is 3.36. The quantitative estimate of drug-likeness (QED) is 0.809. The summed E-state index contributed by atoms with van der Waals surface area (Å²) >= 11 is 0. The highest BCUT2D eigenvalue weighted by atomic mass is 16.5. The highest BCUT2D eigenvalue weighted by Crippen LogP contribution is 2.23. The van der Waals surface area contributed by atoms with Gasteiger partial charge in [0.2, 0.25) is 17.8 Å². The molecule has 2 N–H and O–H groups in total. The Morgan fingerprint density at radius 1 is 1.03 bits per heavy atom. The molecule has 30 heavy (non-hydrogen) atoms. The van der Waals surface area contributed by atoms with Gasteiger partial charge in [-0.15, -0.1) is 0 Å². The maximum atomic E-state index is 12.7. The van der Waals surface area contributed by atoms with Gasteiger partial charge in [-0.2, -0.15) is 0 Å². The zero-order valence-electron chi connectivity index (χ0n) is 16.9. The van der Waals surface area contributed by atoms with Gasteiger partial charge in [-0.05, 0) is 43.4 Å². The van der Waals surface area contributed by atoms with E-state index in [1.807, 2.05) is 35.2 Å². The molecule has 8 heteroatoms. The third-order valence-electron chi connectivity index (χ3n) is 5.11. The molecule has 156 valence electrons. The Kier molecular flexibility index (Phi) is 5.94. The molecule has 0 bridgehead atoms. The number of para-hydroxylation sites is 1. The van der Waals surface area contributed by atoms with Crippen LogP contribution in [0.2, 0.25) is 0 Å². The lowest BCUT2D eigenvalue weighted by molar-refractivity contribution is -0.125. The van der Waals surface area contributed by atoms with Gasteiger partial charge in [0.15, 0.2) is 0 Å². The molecule has 0 spiro atoms. The Balaban J connectivity index is 1.38. The molecule has 2 aliphatic heterocycles. The number of nitrogens with zero attached hydrogens (tertiary/aromatic N) is 3. The Bertz CT molecular complexity index is 922. The van der Waals surface area contributed by atoms with Crippen LogP contribution in [-0.2, 0) is 9.59 Å². The second-order valence-electron chi connectivity index (χ2n) is 7.44. The van der Waals surface area contributed by atoms with E-state index in [-0.39, 0.29) is 18.2 Å². The number of amides is 2. The van der Waals surface area contributed by atoms with Gasteiger partial charge < -0.3 is 19.9 Å². The van der Waals surface area contributed by atoms with E-state index in [9.17, 15) is 9.59 Å². The number of carbonyl (C=O) groups is 2. The molecule has 8 nitrogen and oxygen atoms in total. The number of ether oxygens (including phenoxy) is 1. The van der Waals surface area contributed by atoms with E-state index in [1.54, 1.807) is 24.3 Å². The van der Waals surface area contributed by atoms with Crippen LogP contribution in [0.1, 0.15) is 6.42 Å². The lowest BCUT2D eigenvalue weighted by Crippen LogP contribution is -2.55. The van der Waals surface area contributed by atoms with Crippen LogP contribution in [0.25, 0.3) is 0 Å². The van der Waals surface area contributed by atoms with Gasteiger partial charge in [-0.3, -0.25) is 14.9 Å². The van der Waals surface area contributed by atoms with Crippen molar-refractivity contribution in [3.05, 3.63) is 54.6 Å². The fraction of sp³-hybridized carbons (Fsp3) is 0.318. The molecule has 1 atom stereocenters. The van der Waals surface area contributed by atoms with E-state index in [1.165, 1.54) is 0 Å². The molecule has 2 aliphatic rings. The fourth-order valence-corrected chi connectivity index (χ4v) is 3.36. The van der Waals surface area contributed by atoms with Crippen LogP contribution in [0.5, 0.6) is 11.5 Å². The van der Waals surface area contributed by atoms with Crippen LogP contribution in [-0.4, -0.2) is 66.8 Å². The summed E-state index contributed by atoms with van der Waals surface area (Å²) in [5, 5.41) is 5.65. The largest absolute Gasteiger partial charge is 0.457 e. The first-order valence-corrected chi connectivity index (χ1v) is 10.0. The molecule has 2 aromatic carbocycles. The number of piperazine rings is 1. The van der Waals surface area contributed by atoms with E-state index in [0.29, 0.717) is 17.4 Å². The minimum atomic E-state index is -0.742. The molecule has 0 unspecified atom stereocenters. The van der Waals surface area contributed by atoms with Gasteiger partial charge in [0, 0.05) is 31.9 Å². The summed E-state index contributed by atoms with van der Waals surface area (Å²) in [7, 11) is 2.06. The average molecular weight is 407 g/mol. The molecule has 2 aromatic rings. The molecular formula is C22H25N5O3. The highest BCUT2D eigenvalue weighted by Gasteiger charge is 2.30. The van der Waals surface area contributed by atoms with Gasteiger partial charge >= 0.3 is 0 Å². The van der Waals surface area contributed by atoms with Gasteiger partial charge in [0.05, 0.1) is 6.42 Å². The van der Waals surface area contributed by atoms with Crippen molar-refractivity contribution in [1.82, 2.24) is 15.1 Å². The van der Waals surface area contributed by atoms with E-state index < -0.39 is 6.04 Å². The molecule has 2 heterocycles. The predicted octanol–water partition coefficient (Wildman–Crippen LogP) is 1.91. The van der Waals surface area contributed by atoms with E-state index in [4.69, 9.17) is 4.74 Å². The number of anilines is 1. The summed E-state index contributed by atoms with van der Waals surface area (Å²) in [4.78, 5) is 33.6. The van der Waals surface area contributed by atoms with Crippen LogP contribution in [0.4, 0.5) is 5.69 Å². The molecule has 4 rings (SSSR count). The predicted molar refractivity (Wildman–Crippen MR) is 115 cm³/mol. The van der Waals surface area contributed by atoms with Gasteiger partial charge in [-0.25, -0.2) is 4.99 Å². The normalized spacial score (nSPS) is 19.6. The van der Waals surface area contributed by atoms with E-state index in [0.717, 1.165) is 31.9 Å². The summed E-state index contributed by atoms with van der Waals surface area (Å²) < 4.78 is 5.76. The number of benzene rings is 2. The minimum absolute atomic E-state index is 0.0400. The van der Waals surface area contributed by atoms with Gasteiger partial charge in [0.1, 0.15) is 17.5 Å². The van der Waals surface area contributed by atoms with Crippen LogP contribution < -0.4 is 15.4 Å². The molecule has 1 fully saturated rings. The Hall–Kier alpha value is -3.39. The summed E-state index contributed by atoms with van der Waals surface area (Å²) in [5.41, 5.74) is 0.628. The van der Waals surface area contributed by atoms with Crippen molar-refractivity contribution >= 4 is 23.5 Å². The van der Waals surface area contributed by atoms with Crippen molar-refractivity contribution in [1.29, 1.82) is 0 Å². The zero-order valence-corrected chi connectivity index (χ0v) is 16.9. The smallest absolute Gasteiger partial charge is 0.249 e. The van der Waals surface area contributed by atoms with E-state index >= 15 is 0 Å². The second-order valence-corrected chi connectivity index (χ2v) is 7.44. The SMILES string of the molecule is CN1CCN(C2=N[C@H](C(=O)Nc3ccc(Oc4ccccc4)cc3)CC(=O)N2)CC1. The molecule has 0 saturated carbocycles. The van der Waals surface area contributed by atoms with Gasteiger partial charge in [-0.1, -0.05) is 18.2 Å². The van der Waals surface area contributed by atoms with Crippen LogP contribution >= 0.6 is 0 Å². The minimum Gasteiger partial charge on any atom is -0.457 e. The Morgan fingerprint density at radius 2 is 1.70 bits per heavy atom. The van der Waals surface area contributed by atoms with Crippen molar-refractivity contribution in [2.45, 2.75) is 12.5 Å². The standard InChI is InChI=1S/C22H25N5O3/c1-26-11-13-27(14-12-26)22-24-19(15-20(28)25-22)21(29)23-16-7-9-18(10-8-16)30-17-5-3-2-4-6-17/h2-10,19H,11-15H2,1H3,(H,23,29)(H,24,25,28)/t19-/m0/s1. The third kappa shape index (κ3) is 4.96. The number of hydrogen-bond acceptors (Lipinski definition) is 6. The monoisotopic (exact) mass is 407 g/mol. The Labute approximate surface area is 175 Å². The topological polar surface area (TPSA) is 86.3 Å². The maximum absolute atomic E-state index is 12.7. The first-order valence-electron chi connectivity index (χ1n) is 10.0. The first-order chi connectivity index (χ1) is 14.6. The van der Waals surface area contributed by atoms with Crippen molar-refractivity contribution in [3.8, 4) is 11.5 Å². The molecule has 0 radical (unpaired) electrons. The maximum Gasteiger partial charge on any atom is 0.249 e. The number of nitrogens with one attached hydrogen (secondary N) is 2. The highest BCUT2D eigenvalue weighted by molar-refractivity contribution is 6.06. The molecular weight excluding hydrogens is 382 g/mol. The lowest BCUT2D eigenvalue weighted by atomic mass is 10.1. The average Bonchev–Trinajstić information content (AvgIpc) is 2.76. The second kappa shape index (κ2) is 8.96.